The van der Waals surface area contributed by atoms with Crippen LogP contribution in [0.5, 0.6) is 0 Å². The van der Waals surface area contributed by atoms with Gasteiger partial charge in [0.15, 0.2) is 0 Å². The minimum Gasteiger partial charge on any atom is -0.394 e. The Morgan fingerprint density at radius 1 is 1.00 bits per heavy atom. The molecule has 2 aromatic carbocycles. The third-order valence-corrected chi connectivity index (χ3v) is 6.43. The molecule has 0 spiro atoms. The summed E-state index contributed by atoms with van der Waals surface area (Å²) >= 11 is 0. The van der Waals surface area contributed by atoms with E-state index in [2.05, 4.69) is 15.4 Å². The van der Waals surface area contributed by atoms with E-state index >= 15 is 0 Å². The van der Waals surface area contributed by atoms with E-state index < -0.39 is 46.1 Å². The number of aliphatic hydroxyl groups excluding tert-OH is 1. The highest BCUT2D eigenvalue weighted by Gasteiger charge is 2.30. The molecule has 202 valence electrons. The Balaban J connectivity index is 2.06. The van der Waals surface area contributed by atoms with E-state index in [1.807, 2.05) is 0 Å². The first-order valence-electron chi connectivity index (χ1n) is 11.6. The highest BCUT2D eigenvalue weighted by Crippen LogP contribution is 2.10. The zero-order chi connectivity index (χ0) is 27.6. The van der Waals surface area contributed by atoms with Crippen LogP contribution in [0, 0.1) is 5.41 Å². The van der Waals surface area contributed by atoms with E-state index in [0.717, 1.165) is 0 Å². The summed E-state index contributed by atoms with van der Waals surface area (Å²) in [6.45, 7) is 4.38. The number of nitrogens with one attached hydrogen (secondary N) is 4. The van der Waals surface area contributed by atoms with Crippen LogP contribution in [-0.2, 0) is 36.6 Å². The van der Waals surface area contributed by atoms with E-state index in [1.54, 1.807) is 75.4 Å². The fraction of sp³-hybridized carbons (Fsp3) is 0.400. The number of carbonyl (C=O) groups is 2. The molecule has 0 unspecified atom stereocenters. The highest BCUT2D eigenvalue weighted by molar-refractivity contribution is 7.88. The molecule has 0 aliphatic heterocycles. The lowest BCUT2D eigenvalue weighted by Crippen LogP contribution is -2.56. The zero-order valence-electron chi connectivity index (χ0n) is 21.2. The van der Waals surface area contributed by atoms with Gasteiger partial charge in [0.05, 0.1) is 24.6 Å². The number of aliphatic hydroxyl groups is 1. The number of amides is 2. The van der Waals surface area contributed by atoms with Crippen molar-refractivity contribution in [1.29, 1.82) is 5.41 Å². The first-order chi connectivity index (χ1) is 17.3. The van der Waals surface area contributed by atoms with Gasteiger partial charge in [0, 0.05) is 12.1 Å². The van der Waals surface area contributed by atoms with Gasteiger partial charge >= 0.3 is 0 Å². The third-order valence-electron chi connectivity index (χ3n) is 5.07. The number of amidine groups is 1. The van der Waals surface area contributed by atoms with Gasteiger partial charge in [-0.15, -0.1) is 0 Å². The van der Waals surface area contributed by atoms with Gasteiger partial charge in [0.25, 0.3) is 0 Å². The van der Waals surface area contributed by atoms with Crippen molar-refractivity contribution < 1.29 is 27.9 Å². The van der Waals surface area contributed by atoms with Gasteiger partial charge < -0.3 is 26.2 Å². The summed E-state index contributed by atoms with van der Waals surface area (Å²) in [5.41, 5.74) is 6.56. The van der Waals surface area contributed by atoms with Gasteiger partial charge in [-0.2, -0.15) is 0 Å². The molecule has 0 aliphatic rings. The van der Waals surface area contributed by atoms with Gasteiger partial charge in [0.2, 0.25) is 21.8 Å². The quantitative estimate of drug-likeness (QED) is 0.159. The Hall–Kier alpha value is -3.32. The van der Waals surface area contributed by atoms with E-state index in [-0.39, 0.29) is 24.7 Å². The molecule has 2 atom stereocenters. The Morgan fingerprint density at radius 3 is 2.16 bits per heavy atom. The number of ether oxygens (including phenoxy) is 1. The van der Waals surface area contributed by atoms with E-state index in [0.29, 0.717) is 16.7 Å². The first-order valence-corrected chi connectivity index (χ1v) is 13.2. The predicted octanol–water partition coefficient (Wildman–Crippen LogP) is 0.367. The molecule has 12 heteroatoms. The third kappa shape index (κ3) is 10.7. The smallest absolute Gasteiger partial charge is 0.245 e. The van der Waals surface area contributed by atoms with Crippen LogP contribution in [0.15, 0.2) is 54.6 Å². The molecule has 0 fully saturated rings. The fourth-order valence-corrected chi connectivity index (χ4v) is 4.45. The van der Waals surface area contributed by atoms with Crippen LogP contribution in [0.1, 0.15) is 37.5 Å². The van der Waals surface area contributed by atoms with Gasteiger partial charge in [-0.1, -0.05) is 54.6 Å². The van der Waals surface area contributed by atoms with Gasteiger partial charge in [-0.3, -0.25) is 15.0 Å². The number of nitrogen functional groups attached to an aromatic ring is 1. The van der Waals surface area contributed by atoms with Crippen molar-refractivity contribution in [1.82, 2.24) is 15.4 Å². The minimum atomic E-state index is -3.94. The molecular formula is C25H35N5O6S. The van der Waals surface area contributed by atoms with Gasteiger partial charge in [-0.05, 0) is 31.9 Å². The van der Waals surface area contributed by atoms with Crippen molar-refractivity contribution in [3.8, 4) is 0 Å². The average molecular weight is 534 g/mol. The molecule has 7 N–H and O–H groups in total. The lowest BCUT2D eigenvalue weighted by Gasteiger charge is -2.26. The predicted molar refractivity (Wildman–Crippen MR) is 140 cm³/mol. The summed E-state index contributed by atoms with van der Waals surface area (Å²) in [6, 6.07) is 12.5. The summed E-state index contributed by atoms with van der Waals surface area (Å²) in [7, 11) is -3.94. The second kappa shape index (κ2) is 13.3. The number of sulfonamides is 1. The Morgan fingerprint density at radius 2 is 1.62 bits per heavy atom. The van der Waals surface area contributed by atoms with E-state index in [9.17, 15) is 23.1 Å². The summed E-state index contributed by atoms with van der Waals surface area (Å²) in [4.78, 5) is 25.6. The maximum atomic E-state index is 13.0. The average Bonchev–Trinajstić information content (AvgIpc) is 2.83. The molecular weight excluding hydrogens is 498 g/mol. The fourth-order valence-electron chi connectivity index (χ4n) is 3.13. The van der Waals surface area contributed by atoms with Crippen LogP contribution in [0.2, 0.25) is 0 Å². The molecule has 0 saturated carbocycles. The molecule has 0 saturated heterocycles. The number of hydrogen-bond acceptors (Lipinski definition) is 7. The van der Waals surface area contributed by atoms with Crippen molar-refractivity contribution >= 4 is 27.7 Å². The molecule has 37 heavy (non-hydrogen) atoms. The SMILES string of the molecule is CC(C)(C)OC[C@@H](NS(=O)(=O)Cc1ccccc1)C(=O)N[C@@H](CO)C(=O)NCc1ccc(C(=N)N)cc1. The van der Waals surface area contributed by atoms with Crippen molar-refractivity contribution in [2.24, 2.45) is 5.73 Å². The van der Waals surface area contributed by atoms with Crippen molar-refractivity contribution in [3.05, 3.63) is 71.3 Å². The molecule has 0 heterocycles. The van der Waals surface area contributed by atoms with Gasteiger partial charge in [0.1, 0.15) is 17.9 Å². The Kier molecular flexibility index (Phi) is 10.7. The summed E-state index contributed by atoms with van der Waals surface area (Å²) in [5, 5.41) is 22.2. The van der Waals surface area contributed by atoms with E-state index in [4.69, 9.17) is 15.9 Å². The van der Waals surface area contributed by atoms with Crippen LogP contribution in [0.25, 0.3) is 0 Å². The lowest BCUT2D eigenvalue weighted by molar-refractivity contribution is -0.132. The molecule has 2 rings (SSSR count). The monoisotopic (exact) mass is 533 g/mol. The second-order valence-corrected chi connectivity index (χ2v) is 11.2. The van der Waals surface area contributed by atoms with Crippen LogP contribution in [0.3, 0.4) is 0 Å². The molecule has 11 nitrogen and oxygen atoms in total. The summed E-state index contributed by atoms with van der Waals surface area (Å²) in [5.74, 6) is -1.91. The summed E-state index contributed by atoms with van der Waals surface area (Å²) in [6.07, 6.45) is 0. The maximum absolute atomic E-state index is 13.0. The Bertz CT molecular complexity index is 1160. The molecule has 0 bridgehead atoms. The maximum Gasteiger partial charge on any atom is 0.245 e. The standard InChI is InChI=1S/C25H35N5O6S/c1-25(2,3)36-15-21(30-37(34,35)16-18-7-5-4-6-8-18)24(33)29-20(14-31)23(32)28-13-17-9-11-19(12-10-17)22(26)27/h4-12,20-21,30-31H,13-16H2,1-3H3,(H3,26,27)(H,28,32)(H,29,33)/t20-,21+/m0/s1. The molecule has 0 aromatic heterocycles. The van der Waals surface area contributed by atoms with Gasteiger partial charge in [-0.25, -0.2) is 13.1 Å². The molecule has 2 amide bonds. The van der Waals surface area contributed by atoms with Crippen LogP contribution in [0.4, 0.5) is 0 Å². The number of rotatable bonds is 13. The highest BCUT2D eigenvalue weighted by atomic mass is 32.2. The van der Waals surface area contributed by atoms with Crippen LogP contribution in [-0.4, -0.2) is 62.1 Å². The van der Waals surface area contributed by atoms with Crippen molar-refractivity contribution in [2.45, 2.75) is 50.8 Å². The minimum absolute atomic E-state index is 0.0805. The van der Waals surface area contributed by atoms with Crippen molar-refractivity contribution in [3.63, 3.8) is 0 Å². The molecule has 0 aliphatic carbocycles. The lowest BCUT2D eigenvalue weighted by atomic mass is 10.1. The second-order valence-electron chi connectivity index (χ2n) is 9.41. The van der Waals surface area contributed by atoms with Crippen LogP contribution < -0.4 is 21.1 Å². The largest absolute Gasteiger partial charge is 0.394 e. The Labute approximate surface area is 217 Å². The zero-order valence-corrected chi connectivity index (χ0v) is 22.0. The van der Waals surface area contributed by atoms with Crippen molar-refractivity contribution in [2.75, 3.05) is 13.2 Å². The number of benzene rings is 2. The number of nitrogens with two attached hydrogens (primary N) is 1. The van der Waals surface area contributed by atoms with Crippen LogP contribution >= 0.6 is 0 Å². The normalized spacial score (nSPS) is 13.4. The summed E-state index contributed by atoms with van der Waals surface area (Å²) < 4.78 is 33.5. The number of carbonyl (C=O) groups excluding carboxylic acids is 2. The van der Waals surface area contributed by atoms with E-state index in [1.165, 1.54) is 0 Å². The topological polar surface area (TPSA) is 184 Å². The molecule has 0 radical (unpaired) electrons. The number of hydrogen-bond donors (Lipinski definition) is 6. The molecule has 2 aromatic rings. The first kappa shape index (κ1) is 29.9.